The van der Waals surface area contributed by atoms with Gasteiger partial charge in [0.15, 0.2) is 0 Å². The van der Waals surface area contributed by atoms with Gasteiger partial charge >= 0.3 is 0 Å². The van der Waals surface area contributed by atoms with E-state index in [2.05, 4.69) is 16.6 Å². The topological polar surface area (TPSA) is 50.7 Å². The first-order chi connectivity index (χ1) is 4.16. The Kier molecular flexibility index (Phi) is 3.35. The molecule has 0 aliphatic heterocycles. The maximum atomic E-state index is 5.00. The van der Waals surface area contributed by atoms with Gasteiger partial charge < -0.3 is 5.73 Å². The molecule has 0 atom stereocenters. The van der Waals surface area contributed by atoms with Gasteiger partial charge in [0, 0.05) is 5.70 Å². The van der Waals surface area contributed by atoms with E-state index in [-0.39, 0.29) is 0 Å². The Labute approximate surface area is 55.0 Å². The quantitative estimate of drug-likeness (QED) is 0.411. The molecule has 0 aliphatic rings. The highest BCUT2D eigenvalue weighted by Crippen LogP contribution is 1.89. The van der Waals surface area contributed by atoms with Gasteiger partial charge in [-0.3, -0.25) is 0 Å². The molecule has 0 spiro atoms. The van der Waals surface area contributed by atoms with E-state index in [1.807, 2.05) is 0 Å². The standard InChI is InChI=1S/C6H11N3/c1-5(2)9-6(3)8-4-7/h4H,1H2,2-3H3,(H2,7,8,9). The number of nitrogens with zero attached hydrogens (tertiary/aromatic N) is 2. The lowest BCUT2D eigenvalue weighted by atomic mass is 10.6. The highest BCUT2D eigenvalue weighted by Gasteiger charge is 1.80. The Bertz CT molecular complexity index is 156. The van der Waals surface area contributed by atoms with Crippen molar-refractivity contribution in [3.05, 3.63) is 12.3 Å². The van der Waals surface area contributed by atoms with Crippen molar-refractivity contribution in [1.82, 2.24) is 0 Å². The molecule has 0 aliphatic carbocycles. The van der Waals surface area contributed by atoms with Crippen LogP contribution in [-0.4, -0.2) is 12.2 Å². The van der Waals surface area contributed by atoms with Crippen molar-refractivity contribution in [2.75, 3.05) is 0 Å². The summed E-state index contributed by atoms with van der Waals surface area (Å²) in [6.07, 6.45) is 1.21. The van der Waals surface area contributed by atoms with Crippen molar-refractivity contribution in [3.63, 3.8) is 0 Å². The number of allylic oxidation sites excluding steroid dienone is 1. The minimum atomic E-state index is 0.630. The molecule has 50 valence electrons. The second kappa shape index (κ2) is 3.83. The van der Waals surface area contributed by atoms with E-state index in [0.29, 0.717) is 5.84 Å². The lowest BCUT2D eigenvalue weighted by Gasteiger charge is -1.88. The maximum absolute atomic E-state index is 5.00. The zero-order valence-electron chi connectivity index (χ0n) is 5.76. The summed E-state index contributed by atoms with van der Waals surface area (Å²) in [6, 6.07) is 0. The highest BCUT2D eigenvalue weighted by atomic mass is 14.9. The van der Waals surface area contributed by atoms with Crippen LogP contribution in [0, 0.1) is 0 Å². The summed E-state index contributed by atoms with van der Waals surface area (Å²) in [5, 5.41) is 0. The predicted molar refractivity (Wildman–Crippen MR) is 40.6 cm³/mol. The van der Waals surface area contributed by atoms with Crippen molar-refractivity contribution in [3.8, 4) is 0 Å². The van der Waals surface area contributed by atoms with Crippen LogP contribution in [0.2, 0.25) is 0 Å². The molecule has 0 saturated carbocycles. The van der Waals surface area contributed by atoms with Gasteiger partial charge in [-0.25, -0.2) is 9.98 Å². The molecule has 3 heteroatoms. The molecule has 0 bridgehead atoms. The number of hydrogen-bond acceptors (Lipinski definition) is 1. The fourth-order valence-electron chi connectivity index (χ4n) is 0.413. The van der Waals surface area contributed by atoms with Crippen LogP contribution in [0.5, 0.6) is 0 Å². The molecule has 0 rings (SSSR count). The summed E-state index contributed by atoms with van der Waals surface area (Å²) in [6.45, 7) is 7.14. The average Bonchev–Trinajstić information content (AvgIpc) is 1.63. The fraction of sp³-hybridized carbons (Fsp3) is 0.333. The highest BCUT2D eigenvalue weighted by molar-refractivity contribution is 5.87. The van der Waals surface area contributed by atoms with Gasteiger partial charge in [0.05, 0.1) is 6.34 Å². The maximum Gasteiger partial charge on any atom is 0.127 e. The molecule has 0 fully saturated rings. The van der Waals surface area contributed by atoms with Gasteiger partial charge in [0.1, 0.15) is 5.84 Å². The third kappa shape index (κ3) is 4.74. The van der Waals surface area contributed by atoms with Crippen LogP contribution in [0.25, 0.3) is 0 Å². The van der Waals surface area contributed by atoms with Gasteiger partial charge in [0.25, 0.3) is 0 Å². The first-order valence-corrected chi connectivity index (χ1v) is 2.62. The van der Waals surface area contributed by atoms with E-state index >= 15 is 0 Å². The Morgan fingerprint density at radius 2 is 2.11 bits per heavy atom. The summed E-state index contributed by atoms with van der Waals surface area (Å²) >= 11 is 0. The van der Waals surface area contributed by atoms with Crippen molar-refractivity contribution in [1.29, 1.82) is 0 Å². The summed E-state index contributed by atoms with van der Waals surface area (Å²) in [5.41, 5.74) is 5.74. The van der Waals surface area contributed by atoms with Crippen LogP contribution in [0.3, 0.4) is 0 Å². The number of amidine groups is 1. The molecule has 0 aromatic heterocycles. The van der Waals surface area contributed by atoms with E-state index in [9.17, 15) is 0 Å². The third-order valence-electron chi connectivity index (χ3n) is 0.614. The monoisotopic (exact) mass is 125 g/mol. The van der Waals surface area contributed by atoms with Gasteiger partial charge in [-0.15, -0.1) is 0 Å². The second-order valence-electron chi connectivity index (χ2n) is 1.67. The molecule has 0 amide bonds. The zero-order valence-corrected chi connectivity index (χ0v) is 5.76. The lowest BCUT2D eigenvalue weighted by Crippen LogP contribution is -1.93. The second-order valence-corrected chi connectivity index (χ2v) is 1.67. The Morgan fingerprint density at radius 3 is 2.44 bits per heavy atom. The van der Waals surface area contributed by atoms with E-state index in [0.717, 1.165) is 5.70 Å². The van der Waals surface area contributed by atoms with Crippen LogP contribution in [0.4, 0.5) is 0 Å². The molecule has 0 radical (unpaired) electrons. The summed E-state index contributed by atoms with van der Waals surface area (Å²) in [7, 11) is 0. The van der Waals surface area contributed by atoms with Crippen molar-refractivity contribution >= 4 is 12.2 Å². The summed E-state index contributed by atoms with van der Waals surface area (Å²) in [4.78, 5) is 7.62. The molecule has 0 unspecified atom stereocenters. The summed E-state index contributed by atoms with van der Waals surface area (Å²) in [5.74, 6) is 0.630. The molecule has 0 saturated heterocycles. The first-order valence-electron chi connectivity index (χ1n) is 2.62. The Balaban J connectivity index is 4.00. The molecular weight excluding hydrogens is 114 g/mol. The zero-order chi connectivity index (χ0) is 7.28. The van der Waals surface area contributed by atoms with Gasteiger partial charge in [-0.2, -0.15) is 0 Å². The fourth-order valence-corrected chi connectivity index (χ4v) is 0.413. The van der Waals surface area contributed by atoms with Crippen LogP contribution >= 0.6 is 0 Å². The molecule has 0 aromatic carbocycles. The molecule has 0 aromatic rings. The molecule has 2 N–H and O–H groups in total. The Morgan fingerprint density at radius 1 is 1.56 bits per heavy atom. The number of rotatable bonds is 1. The van der Waals surface area contributed by atoms with Gasteiger partial charge in [-0.1, -0.05) is 6.58 Å². The third-order valence-corrected chi connectivity index (χ3v) is 0.614. The minimum absolute atomic E-state index is 0.630. The van der Waals surface area contributed by atoms with Crippen LogP contribution in [-0.2, 0) is 0 Å². The Hall–Kier alpha value is -1.12. The van der Waals surface area contributed by atoms with Crippen molar-refractivity contribution < 1.29 is 0 Å². The van der Waals surface area contributed by atoms with Gasteiger partial charge in [-0.05, 0) is 13.8 Å². The summed E-state index contributed by atoms with van der Waals surface area (Å²) < 4.78 is 0. The largest absolute Gasteiger partial charge is 0.390 e. The van der Waals surface area contributed by atoms with E-state index in [1.165, 1.54) is 6.34 Å². The van der Waals surface area contributed by atoms with Crippen molar-refractivity contribution in [2.24, 2.45) is 15.7 Å². The smallest absolute Gasteiger partial charge is 0.127 e. The van der Waals surface area contributed by atoms with E-state index < -0.39 is 0 Å². The predicted octanol–water partition coefficient (Wildman–Crippen LogP) is 0.925. The normalized spacial score (nSPS) is 12.4. The molecule has 3 nitrogen and oxygen atoms in total. The number of aliphatic imine (C=N–C) groups is 2. The van der Waals surface area contributed by atoms with Crippen LogP contribution in [0.1, 0.15) is 13.8 Å². The SMILES string of the molecule is C=C(C)/N=C(C)\N=C/N. The van der Waals surface area contributed by atoms with E-state index in [1.54, 1.807) is 13.8 Å². The minimum Gasteiger partial charge on any atom is -0.390 e. The van der Waals surface area contributed by atoms with Crippen LogP contribution in [0.15, 0.2) is 22.3 Å². The lowest BCUT2D eigenvalue weighted by molar-refractivity contribution is 1.30. The number of hydrogen-bond donors (Lipinski definition) is 1. The molecule has 9 heavy (non-hydrogen) atoms. The molecular formula is C6H11N3. The van der Waals surface area contributed by atoms with Crippen LogP contribution < -0.4 is 5.73 Å². The van der Waals surface area contributed by atoms with Crippen molar-refractivity contribution in [2.45, 2.75) is 13.8 Å². The molecule has 0 heterocycles. The number of nitrogens with two attached hydrogens (primary N) is 1. The average molecular weight is 125 g/mol. The van der Waals surface area contributed by atoms with E-state index in [4.69, 9.17) is 5.73 Å². The van der Waals surface area contributed by atoms with Gasteiger partial charge in [0.2, 0.25) is 0 Å². The first kappa shape index (κ1) is 7.88.